The summed E-state index contributed by atoms with van der Waals surface area (Å²) in [6.07, 6.45) is 6.55. The number of rotatable bonds is 4. The van der Waals surface area contributed by atoms with Crippen molar-refractivity contribution in [2.24, 2.45) is 5.92 Å². The molecule has 3 rings (SSSR count). The molecule has 1 fully saturated rings. The van der Waals surface area contributed by atoms with Crippen molar-refractivity contribution in [1.29, 1.82) is 0 Å². The summed E-state index contributed by atoms with van der Waals surface area (Å²) in [5.41, 5.74) is 2.16. The Labute approximate surface area is 148 Å². The zero-order chi connectivity index (χ0) is 16.9. The van der Waals surface area contributed by atoms with Crippen LogP contribution >= 0.6 is 11.6 Å². The molecular weight excluding hydrogens is 320 g/mol. The quantitative estimate of drug-likeness (QED) is 0.829. The number of hydrogen-bond acceptors (Lipinski definition) is 2. The van der Waals surface area contributed by atoms with Crippen LogP contribution < -0.4 is 0 Å². The Morgan fingerprint density at radius 2 is 1.96 bits per heavy atom. The summed E-state index contributed by atoms with van der Waals surface area (Å²) in [7, 11) is 0. The predicted octanol–water partition coefficient (Wildman–Crippen LogP) is 4.32. The average molecular weight is 343 g/mol. The minimum atomic E-state index is -0.171. The number of piperidine rings is 1. The van der Waals surface area contributed by atoms with Crippen LogP contribution in [0.3, 0.4) is 0 Å². The SMILES string of the molecule is CC1CCCN(C(=O)C(Cc2ccncc2)c2ccc(Cl)cc2)C1. The number of nitrogens with zero attached hydrogens (tertiary/aromatic N) is 2. The number of halogens is 1. The zero-order valence-electron chi connectivity index (χ0n) is 14.0. The number of carbonyl (C=O) groups is 1. The van der Waals surface area contributed by atoms with Crippen molar-refractivity contribution in [2.75, 3.05) is 13.1 Å². The average Bonchev–Trinajstić information content (AvgIpc) is 2.61. The molecule has 1 saturated heterocycles. The van der Waals surface area contributed by atoms with E-state index in [1.807, 2.05) is 41.3 Å². The van der Waals surface area contributed by atoms with E-state index in [2.05, 4.69) is 11.9 Å². The van der Waals surface area contributed by atoms with Gasteiger partial charge in [0.15, 0.2) is 0 Å². The van der Waals surface area contributed by atoms with Crippen molar-refractivity contribution in [1.82, 2.24) is 9.88 Å². The van der Waals surface area contributed by atoms with Crippen LogP contribution in [0.5, 0.6) is 0 Å². The lowest BCUT2D eigenvalue weighted by Crippen LogP contribution is -2.42. The maximum absolute atomic E-state index is 13.2. The predicted molar refractivity (Wildman–Crippen MR) is 97.1 cm³/mol. The first-order chi connectivity index (χ1) is 11.6. The highest BCUT2D eigenvalue weighted by Crippen LogP contribution is 2.27. The Balaban J connectivity index is 1.86. The van der Waals surface area contributed by atoms with E-state index in [0.717, 1.165) is 30.6 Å². The minimum absolute atomic E-state index is 0.171. The number of benzene rings is 1. The first kappa shape index (κ1) is 17.0. The molecule has 2 unspecified atom stereocenters. The molecule has 2 heterocycles. The van der Waals surface area contributed by atoms with Crippen LogP contribution in [-0.2, 0) is 11.2 Å². The number of aromatic nitrogens is 1. The normalized spacial score (nSPS) is 19.1. The van der Waals surface area contributed by atoms with E-state index in [9.17, 15) is 4.79 Å². The summed E-state index contributed by atoms with van der Waals surface area (Å²) in [4.78, 5) is 19.3. The number of hydrogen-bond donors (Lipinski definition) is 0. The lowest BCUT2D eigenvalue weighted by atomic mass is 9.89. The molecule has 24 heavy (non-hydrogen) atoms. The van der Waals surface area contributed by atoms with Crippen molar-refractivity contribution in [3.8, 4) is 0 Å². The number of carbonyl (C=O) groups excluding carboxylic acids is 1. The van der Waals surface area contributed by atoms with Crippen LogP contribution in [0.15, 0.2) is 48.8 Å². The van der Waals surface area contributed by atoms with Crippen LogP contribution in [0.4, 0.5) is 0 Å². The summed E-state index contributed by atoms with van der Waals surface area (Å²) in [5.74, 6) is 0.630. The van der Waals surface area contributed by atoms with Gasteiger partial charge in [-0.3, -0.25) is 9.78 Å². The van der Waals surface area contributed by atoms with Crippen LogP contribution in [0.25, 0.3) is 0 Å². The van der Waals surface area contributed by atoms with Crippen LogP contribution in [0.1, 0.15) is 36.8 Å². The van der Waals surface area contributed by atoms with Crippen molar-refractivity contribution < 1.29 is 4.79 Å². The molecule has 1 aromatic carbocycles. The van der Waals surface area contributed by atoms with E-state index >= 15 is 0 Å². The lowest BCUT2D eigenvalue weighted by Gasteiger charge is -2.34. The fraction of sp³-hybridized carbons (Fsp3) is 0.400. The Morgan fingerprint density at radius 3 is 2.62 bits per heavy atom. The highest BCUT2D eigenvalue weighted by Gasteiger charge is 2.28. The largest absolute Gasteiger partial charge is 0.342 e. The molecule has 0 radical (unpaired) electrons. The van der Waals surface area contributed by atoms with Crippen LogP contribution in [0, 0.1) is 5.92 Å². The second kappa shape index (κ2) is 7.80. The lowest BCUT2D eigenvalue weighted by molar-refractivity contribution is -0.134. The third-order valence-electron chi connectivity index (χ3n) is 4.73. The van der Waals surface area contributed by atoms with Gasteiger partial charge in [0.25, 0.3) is 0 Å². The molecule has 4 heteroatoms. The van der Waals surface area contributed by atoms with E-state index < -0.39 is 0 Å². The van der Waals surface area contributed by atoms with E-state index in [1.165, 1.54) is 6.42 Å². The van der Waals surface area contributed by atoms with Gasteiger partial charge in [-0.05, 0) is 60.6 Å². The number of pyridine rings is 1. The monoisotopic (exact) mass is 342 g/mol. The molecule has 0 spiro atoms. The summed E-state index contributed by atoms with van der Waals surface area (Å²) >= 11 is 6.02. The van der Waals surface area contributed by atoms with Gasteiger partial charge in [-0.15, -0.1) is 0 Å². The van der Waals surface area contributed by atoms with E-state index in [0.29, 0.717) is 17.4 Å². The molecule has 0 aliphatic carbocycles. The van der Waals surface area contributed by atoms with Crippen molar-refractivity contribution in [3.05, 3.63) is 64.9 Å². The Hall–Kier alpha value is -1.87. The second-order valence-electron chi connectivity index (χ2n) is 6.70. The molecule has 1 aliphatic heterocycles. The smallest absolute Gasteiger partial charge is 0.230 e. The van der Waals surface area contributed by atoms with Gasteiger partial charge in [-0.25, -0.2) is 0 Å². The maximum atomic E-state index is 13.2. The third-order valence-corrected chi connectivity index (χ3v) is 4.98. The molecule has 126 valence electrons. The van der Waals surface area contributed by atoms with Gasteiger partial charge in [0, 0.05) is 30.5 Å². The third kappa shape index (κ3) is 4.15. The summed E-state index contributed by atoms with van der Waals surface area (Å²) in [6, 6.07) is 11.6. The maximum Gasteiger partial charge on any atom is 0.230 e. The highest BCUT2D eigenvalue weighted by molar-refractivity contribution is 6.30. The van der Waals surface area contributed by atoms with Gasteiger partial charge in [-0.1, -0.05) is 30.7 Å². The van der Waals surface area contributed by atoms with E-state index in [1.54, 1.807) is 12.4 Å². The molecule has 1 aliphatic rings. The molecule has 3 nitrogen and oxygen atoms in total. The van der Waals surface area contributed by atoms with Gasteiger partial charge in [0.1, 0.15) is 0 Å². The van der Waals surface area contributed by atoms with Crippen LogP contribution in [-0.4, -0.2) is 28.9 Å². The van der Waals surface area contributed by atoms with E-state index in [-0.39, 0.29) is 11.8 Å². The molecule has 2 atom stereocenters. The topological polar surface area (TPSA) is 33.2 Å². The van der Waals surface area contributed by atoms with Crippen molar-refractivity contribution in [3.63, 3.8) is 0 Å². The molecule has 1 amide bonds. The van der Waals surface area contributed by atoms with Gasteiger partial charge in [-0.2, -0.15) is 0 Å². The Bertz CT molecular complexity index is 672. The van der Waals surface area contributed by atoms with E-state index in [4.69, 9.17) is 11.6 Å². The van der Waals surface area contributed by atoms with Crippen LogP contribution in [0.2, 0.25) is 5.02 Å². The zero-order valence-corrected chi connectivity index (χ0v) is 14.7. The number of amides is 1. The summed E-state index contributed by atoms with van der Waals surface area (Å²) < 4.78 is 0. The first-order valence-corrected chi connectivity index (χ1v) is 8.94. The fourth-order valence-electron chi connectivity index (χ4n) is 3.41. The molecule has 0 saturated carbocycles. The standard InChI is InChI=1S/C20H23ClN2O/c1-15-3-2-12-23(14-15)20(24)19(13-16-8-10-22-11-9-16)17-4-6-18(21)7-5-17/h4-11,15,19H,2-3,12-14H2,1H3. The first-order valence-electron chi connectivity index (χ1n) is 8.56. The Morgan fingerprint density at radius 1 is 1.25 bits per heavy atom. The highest BCUT2D eigenvalue weighted by atomic mass is 35.5. The molecule has 0 N–H and O–H groups in total. The molecule has 1 aromatic heterocycles. The summed E-state index contributed by atoms with van der Waals surface area (Å²) in [6.45, 7) is 3.95. The number of likely N-dealkylation sites (tertiary alicyclic amines) is 1. The second-order valence-corrected chi connectivity index (χ2v) is 7.13. The van der Waals surface area contributed by atoms with Gasteiger partial charge < -0.3 is 4.90 Å². The van der Waals surface area contributed by atoms with Gasteiger partial charge in [0.2, 0.25) is 5.91 Å². The molecule has 2 aromatic rings. The van der Waals surface area contributed by atoms with Gasteiger partial charge >= 0.3 is 0 Å². The van der Waals surface area contributed by atoms with Crippen molar-refractivity contribution >= 4 is 17.5 Å². The molecule has 0 bridgehead atoms. The van der Waals surface area contributed by atoms with Crippen molar-refractivity contribution in [2.45, 2.75) is 32.1 Å². The molecular formula is C20H23ClN2O. The minimum Gasteiger partial charge on any atom is -0.342 e. The van der Waals surface area contributed by atoms with Gasteiger partial charge in [0.05, 0.1) is 5.92 Å². The summed E-state index contributed by atoms with van der Waals surface area (Å²) in [5, 5.41) is 0.695. The Kier molecular flexibility index (Phi) is 5.52. The fourth-order valence-corrected chi connectivity index (χ4v) is 3.53.